The largest absolute Gasteiger partial charge is 0.294 e. The Balaban J connectivity index is 2.15. The Morgan fingerprint density at radius 2 is 1.63 bits per heavy atom. The molecule has 0 fully saturated rings. The summed E-state index contributed by atoms with van der Waals surface area (Å²) in [6, 6.07) is 14.5. The lowest BCUT2D eigenvalue weighted by Gasteiger charge is -2.15. The molecule has 3 nitrogen and oxygen atoms in total. The Morgan fingerprint density at radius 1 is 0.947 bits per heavy atom. The number of hydrogen-bond donors (Lipinski definition) is 1. The molecule has 0 aliphatic heterocycles. The van der Waals surface area contributed by atoms with Crippen LogP contribution in [0.15, 0.2) is 42.5 Å². The third kappa shape index (κ3) is 2.08. The topological polar surface area (TPSA) is 29.9 Å². The van der Waals surface area contributed by atoms with Gasteiger partial charge in [-0.1, -0.05) is 18.2 Å². The monoisotopic (exact) mass is 251 g/mol. The van der Waals surface area contributed by atoms with Crippen molar-refractivity contribution in [1.82, 2.24) is 9.66 Å². The molecule has 3 aromatic rings. The predicted molar refractivity (Wildman–Crippen MR) is 79.4 cm³/mol. The van der Waals surface area contributed by atoms with Crippen molar-refractivity contribution in [3.8, 4) is 0 Å². The lowest BCUT2D eigenvalue weighted by molar-refractivity contribution is 0.882. The van der Waals surface area contributed by atoms with Crippen molar-refractivity contribution in [2.75, 3.05) is 5.43 Å². The van der Waals surface area contributed by atoms with Crippen LogP contribution in [0.2, 0.25) is 0 Å². The predicted octanol–water partition coefficient (Wildman–Crippen LogP) is 3.84. The number of fused-ring (bicyclic) bond motifs is 1. The van der Waals surface area contributed by atoms with Gasteiger partial charge in [-0.25, -0.2) is 0 Å². The Bertz CT molecular complexity index is 721. The van der Waals surface area contributed by atoms with Gasteiger partial charge in [0.2, 0.25) is 0 Å². The summed E-state index contributed by atoms with van der Waals surface area (Å²) in [5.74, 6) is 0. The molecule has 2 heterocycles. The maximum Gasteiger partial charge on any atom is 0.0726 e. The molecule has 0 spiro atoms. The highest BCUT2D eigenvalue weighted by Gasteiger charge is 2.06. The van der Waals surface area contributed by atoms with Crippen LogP contribution in [-0.4, -0.2) is 9.66 Å². The molecule has 3 heteroatoms. The van der Waals surface area contributed by atoms with Gasteiger partial charge in [0.15, 0.2) is 0 Å². The van der Waals surface area contributed by atoms with Crippen LogP contribution in [0.4, 0.5) is 5.69 Å². The normalized spacial score (nSPS) is 10.9. The molecular weight excluding hydrogens is 234 g/mol. The van der Waals surface area contributed by atoms with Crippen molar-refractivity contribution < 1.29 is 0 Å². The van der Waals surface area contributed by atoms with Gasteiger partial charge >= 0.3 is 0 Å². The quantitative estimate of drug-likeness (QED) is 0.750. The molecule has 0 atom stereocenters. The molecular formula is C16H17N3. The molecule has 1 N–H and O–H groups in total. The van der Waals surface area contributed by atoms with Crippen molar-refractivity contribution >= 4 is 16.6 Å². The Kier molecular flexibility index (Phi) is 2.75. The summed E-state index contributed by atoms with van der Waals surface area (Å²) in [6.07, 6.45) is 0. The molecule has 0 amide bonds. The van der Waals surface area contributed by atoms with Gasteiger partial charge in [0, 0.05) is 22.5 Å². The van der Waals surface area contributed by atoms with Gasteiger partial charge in [-0.05, 0) is 45.0 Å². The number of aromatic nitrogens is 2. The van der Waals surface area contributed by atoms with Crippen molar-refractivity contribution in [2.45, 2.75) is 20.8 Å². The number of benzene rings is 1. The average molecular weight is 251 g/mol. The minimum Gasteiger partial charge on any atom is -0.294 e. The van der Waals surface area contributed by atoms with Crippen molar-refractivity contribution in [1.29, 1.82) is 0 Å². The fourth-order valence-corrected chi connectivity index (χ4v) is 2.37. The maximum absolute atomic E-state index is 4.56. The van der Waals surface area contributed by atoms with Crippen LogP contribution in [-0.2, 0) is 0 Å². The van der Waals surface area contributed by atoms with Crippen LogP contribution in [0.25, 0.3) is 10.9 Å². The second-order valence-electron chi connectivity index (χ2n) is 4.89. The number of hydrogen-bond acceptors (Lipinski definition) is 2. The van der Waals surface area contributed by atoms with E-state index in [2.05, 4.69) is 53.2 Å². The number of nitrogens with zero attached hydrogens (tertiary/aromatic N) is 2. The van der Waals surface area contributed by atoms with E-state index in [1.807, 2.05) is 25.1 Å². The van der Waals surface area contributed by atoms with E-state index in [4.69, 9.17) is 0 Å². The first-order valence-corrected chi connectivity index (χ1v) is 6.43. The number of para-hydroxylation sites is 1. The number of aryl methyl sites for hydroxylation is 3. The van der Waals surface area contributed by atoms with E-state index in [1.54, 1.807) is 0 Å². The van der Waals surface area contributed by atoms with E-state index in [0.29, 0.717) is 0 Å². The van der Waals surface area contributed by atoms with Crippen molar-refractivity contribution in [3.05, 3.63) is 59.5 Å². The van der Waals surface area contributed by atoms with Gasteiger partial charge in [0.05, 0.1) is 11.2 Å². The highest BCUT2D eigenvalue weighted by molar-refractivity contribution is 5.91. The van der Waals surface area contributed by atoms with Crippen LogP contribution in [0.3, 0.4) is 0 Å². The molecule has 1 aromatic carbocycles. The van der Waals surface area contributed by atoms with Crippen molar-refractivity contribution in [3.63, 3.8) is 0 Å². The summed E-state index contributed by atoms with van der Waals surface area (Å²) >= 11 is 0. The second-order valence-corrected chi connectivity index (χ2v) is 4.89. The van der Waals surface area contributed by atoms with Crippen LogP contribution >= 0.6 is 0 Å². The molecule has 0 saturated carbocycles. The zero-order valence-corrected chi connectivity index (χ0v) is 11.4. The molecule has 0 bridgehead atoms. The summed E-state index contributed by atoms with van der Waals surface area (Å²) in [4.78, 5) is 4.56. The Morgan fingerprint density at radius 3 is 2.37 bits per heavy atom. The molecule has 96 valence electrons. The summed E-state index contributed by atoms with van der Waals surface area (Å²) < 4.78 is 2.10. The summed E-state index contributed by atoms with van der Waals surface area (Å²) in [5, 5.41) is 1.14. The first-order chi connectivity index (χ1) is 9.15. The summed E-state index contributed by atoms with van der Waals surface area (Å²) in [6.45, 7) is 6.21. The standard InChI is InChI=1S/C16H17N3/c1-11-10-16(14-6-4-5-7-15(14)17-11)18-19-12(2)8-9-13(19)3/h4-10H,1-3H3,(H,17,18). The second kappa shape index (κ2) is 4.43. The van der Waals surface area contributed by atoms with Gasteiger partial charge in [-0.15, -0.1) is 0 Å². The molecule has 0 unspecified atom stereocenters. The van der Waals surface area contributed by atoms with Crippen LogP contribution in [0.1, 0.15) is 17.1 Å². The molecule has 3 rings (SSSR count). The van der Waals surface area contributed by atoms with Crippen LogP contribution < -0.4 is 5.43 Å². The Labute approximate surface area is 112 Å². The molecule has 19 heavy (non-hydrogen) atoms. The molecule has 0 aliphatic rings. The van der Waals surface area contributed by atoms with Gasteiger partial charge in [-0.2, -0.15) is 0 Å². The molecule has 2 aromatic heterocycles. The fraction of sp³-hybridized carbons (Fsp3) is 0.188. The lowest BCUT2D eigenvalue weighted by Crippen LogP contribution is -2.12. The highest BCUT2D eigenvalue weighted by atomic mass is 15.4. The van der Waals surface area contributed by atoms with Crippen molar-refractivity contribution in [2.24, 2.45) is 0 Å². The van der Waals surface area contributed by atoms with Gasteiger partial charge in [0.1, 0.15) is 0 Å². The van der Waals surface area contributed by atoms with E-state index in [1.165, 1.54) is 11.4 Å². The molecule has 0 saturated heterocycles. The third-order valence-corrected chi connectivity index (χ3v) is 3.35. The Hall–Kier alpha value is -2.29. The van der Waals surface area contributed by atoms with Gasteiger partial charge < -0.3 is 0 Å². The van der Waals surface area contributed by atoms with E-state index in [9.17, 15) is 0 Å². The smallest absolute Gasteiger partial charge is 0.0726 e. The highest BCUT2D eigenvalue weighted by Crippen LogP contribution is 2.23. The van der Waals surface area contributed by atoms with Crippen LogP contribution in [0, 0.1) is 20.8 Å². The first-order valence-electron chi connectivity index (χ1n) is 6.43. The third-order valence-electron chi connectivity index (χ3n) is 3.35. The SMILES string of the molecule is Cc1cc(Nn2c(C)ccc2C)c2ccccc2n1. The van der Waals surface area contributed by atoms with E-state index < -0.39 is 0 Å². The summed E-state index contributed by atoms with van der Waals surface area (Å²) in [7, 11) is 0. The fourth-order valence-electron chi connectivity index (χ4n) is 2.37. The number of anilines is 1. The van der Waals surface area contributed by atoms with Gasteiger partial charge in [-0.3, -0.25) is 15.1 Å². The first kappa shape index (κ1) is 11.8. The zero-order valence-electron chi connectivity index (χ0n) is 11.4. The molecule has 0 radical (unpaired) electrons. The maximum atomic E-state index is 4.56. The average Bonchev–Trinajstić information content (AvgIpc) is 2.70. The van der Waals surface area contributed by atoms with Gasteiger partial charge in [0.25, 0.3) is 0 Å². The molecule has 0 aliphatic carbocycles. The van der Waals surface area contributed by atoms with E-state index >= 15 is 0 Å². The number of nitrogens with one attached hydrogen (secondary N) is 1. The lowest BCUT2D eigenvalue weighted by atomic mass is 10.1. The zero-order chi connectivity index (χ0) is 13.4. The minimum atomic E-state index is 1.02. The summed E-state index contributed by atoms with van der Waals surface area (Å²) in [5.41, 5.74) is 8.99. The number of pyridine rings is 1. The van der Waals surface area contributed by atoms with Crippen LogP contribution in [0.5, 0.6) is 0 Å². The number of rotatable bonds is 2. The van der Waals surface area contributed by atoms with E-state index in [-0.39, 0.29) is 0 Å². The van der Waals surface area contributed by atoms with E-state index in [0.717, 1.165) is 22.3 Å². The minimum absolute atomic E-state index is 1.02.